The topological polar surface area (TPSA) is 17.1 Å². The normalized spacial score (nSPS) is 12.0. The maximum Gasteiger partial charge on any atom is 0.0819 e. The van der Waals surface area contributed by atoms with Gasteiger partial charge in [-0.15, -0.1) is 11.3 Å². The Bertz CT molecular complexity index is 362. The van der Waals surface area contributed by atoms with E-state index in [1.54, 1.807) is 0 Å². The Balaban J connectivity index is 2.32. The molecule has 1 nitrogen and oxygen atoms in total. The number of hydrogen-bond donors (Lipinski definition) is 0. The van der Waals surface area contributed by atoms with Gasteiger partial charge >= 0.3 is 0 Å². The Morgan fingerprint density at radius 3 is 2.40 bits per heavy atom. The second-order valence-corrected chi connectivity index (χ2v) is 9.75. The van der Waals surface area contributed by atoms with Gasteiger partial charge in [0.05, 0.1) is 7.14 Å². The molecule has 1 heterocycles. The molecule has 0 aliphatic heterocycles. The van der Waals surface area contributed by atoms with Crippen molar-refractivity contribution in [2.45, 2.75) is 33.1 Å². The minimum absolute atomic E-state index is 0.898. The van der Waals surface area contributed by atoms with Gasteiger partial charge in [0.25, 0.3) is 0 Å². The van der Waals surface area contributed by atoms with Crippen molar-refractivity contribution >= 4 is 18.5 Å². The molecule has 0 atom stereocenters. The quantitative estimate of drug-likeness (QED) is 0.557. The van der Waals surface area contributed by atoms with Crippen molar-refractivity contribution in [3.8, 4) is 0 Å². The fraction of sp³-hybridized carbons (Fsp3) is 0.667. The first-order valence-electron chi connectivity index (χ1n) is 5.48. The Morgan fingerprint density at radius 2 is 1.93 bits per heavy atom. The predicted molar refractivity (Wildman–Crippen MR) is 71.1 cm³/mol. The molecule has 0 aliphatic rings. The highest BCUT2D eigenvalue weighted by atomic mass is 32.1. The zero-order valence-electron chi connectivity index (χ0n) is 10.2. The fourth-order valence-electron chi connectivity index (χ4n) is 1.74. The summed E-state index contributed by atoms with van der Waals surface area (Å²) >= 11 is 1.88. The van der Waals surface area contributed by atoms with Crippen LogP contribution in [0.25, 0.3) is 0 Å². The molecule has 1 aromatic rings. The van der Waals surface area contributed by atoms with Crippen molar-refractivity contribution in [1.82, 2.24) is 0 Å². The SMILES string of the molecule is Cc1cc(CCCCP(C)(C)=O)c(C)s1. The fourth-order valence-corrected chi connectivity index (χ4v) is 3.70. The molecule has 0 fully saturated rings. The van der Waals surface area contributed by atoms with Crippen LogP contribution < -0.4 is 0 Å². The second kappa shape index (κ2) is 5.32. The number of rotatable bonds is 5. The third kappa shape index (κ3) is 4.99. The third-order valence-electron chi connectivity index (χ3n) is 2.54. The maximum absolute atomic E-state index is 11.5. The number of unbranched alkanes of at least 4 members (excludes halogenated alkanes) is 1. The summed E-state index contributed by atoms with van der Waals surface area (Å²) in [7, 11) is -1.79. The van der Waals surface area contributed by atoms with Gasteiger partial charge < -0.3 is 4.57 Å². The van der Waals surface area contributed by atoms with E-state index < -0.39 is 7.14 Å². The number of thiophene rings is 1. The standard InChI is InChI=1S/C12H21OPS/c1-10-9-12(11(2)15-10)7-5-6-8-14(3,4)13/h9H,5-8H2,1-4H3. The van der Waals surface area contributed by atoms with E-state index in [0.29, 0.717) is 0 Å². The van der Waals surface area contributed by atoms with Gasteiger partial charge in [0, 0.05) is 15.9 Å². The molecule has 0 spiro atoms. The highest BCUT2D eigenvalue weighted by molar-refractivity contribution is 7.62. The largest absolute Gasteiger partial charge is 0.324 e. The van der Waals surface area contributed by atoms with Crippen LogP contribution in [0.1, 0.15) is 28.2 Å². The molecule has 15 heavy (non-hydrogen) atoms. The van der Waals surface area contributed by atoms with E-state index >= 15 is 0 Å². The van der Waals surface area contributed by atoms with Crippen LogP contribution in [0.2, 0.25) is 0 Å². The van der Waals surface area contributed by atoms with Crippen LogP contribution in [-0.2, 0) is 11.0 Å². The molecule has 1 aromatic heterocycles. The van der Waals surface area contributed by atoms with Gasteiger partial charge in [-0.05, 0) is 58.1 Å². The van der Waals surface area contributed by atoms with Crippen molar-refractivity contribution in [3.63, 3.8) is 0 Å². The van der Waals surface area contributed by atoms with Gasteiger partial charge in [-0.2, -0.15) is 0 Å². The molecule has 0 amide bonds. The summed E-state index contributed by atoms with van der Waals surface area (Å²) < 4.78 is 11.5. The highest BCUT2D eigenvalue weighted by Gasteiger charge is 2.07. The first kappa shape index (κ1) is 13.0. The Hall–Kier alpha value is -0.0700. The Morgan fingerprint density at radius 1 is 1.27 bits per heavy atom. The van der Waals surface area contributed by atoms with Gasteiger partial charge in [-0.1, -0.05) is 0 Å². The smallest absolute Gasteiger partial charge is 0.0819 e. The summed E-state index contributed by atoms with van der Waals surface area (Å²) in [4.78, 5) is 2.85. The van der Waals surface area contributed by atoms with E-state index in [0.717, 1.165) is 19.0 Å². The molecule has 0 radical (unpaired) electrons. The zero-order chi connectivity index (χ0) is 11.5. The highest BCUT2D eigenvalue weighted by Crippen LogP contribution is 2.37. The third-order valence-corrected chi connectivity index (χ3v) is 4.94. The Labute approximate surface area is 97.3 Å². The van der Waals surface area contributed by atoms with Crippen molar-refractivity contribution in [3.05, 3.63) is 21.4 Å². The lowest BCUT2D eigenvalue weighted by molar-refractivity contribution is 0.579. The van der Waals surface area contributed by atoms with E-state index in [9.17, 15) is 4.57 Å². The monoisotopic (exact) mass is 244 g/mol. The Kier molecular flexibility index (Phi) is 4.61. The summed E-state index contributed by atoms with van der Waals surface area (Å²) in [5, 5.41) is 0. The number of aryl methyl sites for hydroxylation is 3. The van der Waals surface area contributed by atoms with Crippen molar-refractivity contribution < 1.29 is 4.57 Å². The summed E-state index contributed by atoms with van der Waals surface area (Å²) in [5.74, 6) is 0. The molecule has 1 rings (SSSR count). The second-order valence-electron chi connectivity index (χ2n) is 4.69. The molecule has 0 unspecified atom stereocenters. The lowest BCUT2D eigenvalue weighted by Gasteiger charge is -2.05. The average Bonchev–Trinajstić information content (AvgIpc) is 2.37. The lowest BCUT2D eigenvalue weighted by Crippen LogP contribution is -1.90. The predicted octanol–water partition coefficient (Wildman–Crippen LogP) is 4.31. The van der Waals surface area contributed by atoms with Crippen LogP contribution in [0.4, 0.5) is 0 Å². The van der Waals surface area contributed by atoms with Crippen LogP contribution >= 0.6 is 18.5 Å². The van der Waals surface area contributed by atoms with Crippen molar-refractivity contribution in [1.29, 1.82) is 0 Å². The number of hydrogen-bond acceptors (Lipinski definition) is 2. The van der Waals surface area contributed by atoms with Crippen LogP contribution in [0.15, 0.2) is 6.07 Å². The molecule has 86 valence electrons. The maximum atomic E-state index is 11.5. The van der Waals surface area contributed by atoms with Crippen LogP contribution in [0, 0.1) is 13.8 Å². The van der Waals surface area contributed by atoms with Gasteiger partial charge in [0.1, 0.15) is 0 Å². The van der Waals surface area contributed by atoms with Crippen LogP contribution in [0.3, 0.4) is 0 Å². The first-order valence-corrected chi connectivity index (χ1v) is 9.09. The lowest BCUT2D eigenvalue weighted by atomic mass is 10.1. The van der Waals surface area contributed by atoms with Gasteiger partial charge in [-0.25, -0.2) is 0 Å². The molecule has 0 aromatic carbocycles. The van der Waals surface area contributed by atoms with E-state index in [4.69, 9.17) is 0 Å². The molecule has 0 N–H and O–H groups in total. The van der Waals surface area contributed by atoms with Gasteiger partial charge in [0.2, 0.25) is 0 Å². The zero-order valence-corrected chi connectivity index (χ0v) is 11.9. The summed E-state index contributed by atoms with van der Waals surface area (Å²) in [6.45, 7) is 8.12. The van der Waals surface area contributed by atoms with Gasteiger partial charge in [0.15, 0.2) is 0 Å². The summed E-state index contributed by atoms with van der Waals surface area (Å²) in [5.41, 5.74) is 1.49. The summed E-state index contributed by atoms with van der Waals surface area (Å²) in [6, 6.07) is 2.29. The molecule has 0 saturated carbocycles. The van der Waals surface area contributed by atoms with E-state index in [1.165, 1.54) is 21.7 Å². The van der Waals surface area contributed by atoms with E-state index in [-0.39, 0.29) is 0 Å². The molecule has 3 heteroatoms. The van der Waals surface area contributed by atoms with Crippen LogP contribution in [-0.4, -0.2) is 19.5 Å². The van der Waals surface area contributed by atoms with Crippen molar-refractivity contribution in [2.24, 2.45) is 0 Å². The first-order chi connectivity index (χ1) is 6.88. The molecule has 0 bridgehead atoms. The average molecular weight is 244 g/mol. The van der Waals surface area contributed by atoms with Crippen LogP contribution in [0.5, 0.6) is 0 Å². The summed E-state index contributed by atoms with van der Waals surface area (Å²) in [6.07, 6.45) is 4.31. The van der Waals surface area contributed by atoms with Crippen molar-refractivity contribution in [2.75, 3.05) is 19.5 Å². The van der Waals surface area contributed by atoms with Gasteiger partial charge in [-0.3, -0.25) is 0 Å². The molecule has 0 aliphatic carbocycles. The molecular formula is C12H21OPS. The molecular weight excluding hydrogens is 223 g/mol. The van der Waals surface area contributed by atoms with E-state index in [1.807, 2.05) is 24.7 Å². The molecule has 0 saturated heterocycles. The van der Waals surface area contributed by atoms with E-state index in [2.05, 4.69) is 19.9 Å². The minimum Gasteiger partial charge on any atom is -0.324 e. The minimum atomic E-state index is -1.79.